The molecule has 0 bridgehead atoms. The lowest BCUT2D eigenvalue weighted by atomic mass is 10.1. The van der Waals surface area contributed by atoms with Gasteiger partial charge >= 0.3 is 0 Å². The Kier molecular flexibility index (Phi) is 6.20. The summed E-state index contributed by atoms with van der Waals surface area (Å²) in [7, 11) is 1.69. The van der Waals surface area contributed by atoms with Crippen LogP contribution in [-0.2, 0) is 11.3 Å². The number of H-pyrrole nitrogens is 1. The molecule has 0 fully saturated rings. The number of benzene rings is 2. The molecule has 0 aliphatic heterocycles. The minimum Gasteiger partial charge on any atom is -0.483 e. The molecule has 6 heteroatoms. The monoisotopic (exact) mass is 369 g/mol. The van der Waals surface area contributed by atoms with E-state index >= 15 is 0 Å². The smallest absolute Gasteiger partial charge is 0.195 e. The van der Waals surface area contributed by atoms with Gasteiger partial charge in [-0.15, -0.1) is 0 Å². The second-order valence-electron chi connectivity index (χ2n) is 6.04. The molecule has 1 heterocycles. The Bertz CT molecular complexity index is 872. The summed E-state index contributed by atoms with van der Waals surface area (Å²) in [4.78, 5) is 0. The SMILES string of the molecule is COCCCn1c(C(C)Oc2ccc(-c3ccccc3)cc2)n[nH]c1=S. The van der Waals surface area contributed by atoms with Crippen LogP contribution in [0.4, 0.5) is 0 Å². The molecule has 0 saturated heterocycles. The maximum atomic E-state index is 6.07. The summed E-state index contributed by atoms with van der Waals surface area (Å²) < 4.78 is 13.8. The van der Waals surface area contributed by atoms with Gasteiger partial charge in [-0.25, -0.2) is 0 Å². The van der Waals surface area contributed by atoms with E-state index in [1.807, 2.05) is 41.8 Å². The summed E-state index contributed by atoms with van der Waals surface area (Å²) in [5.41, 5.74) is 2.35. The van der Waals surface area contributed by atoms with Crippen molar-refractivity contribution in [2.45, 2.75) is 26.0 Å². The number of rotatable bonds is 8. The molecule has 1 aromatic heterocycles. The van der Waals surface area contributed by atoms with Crippen LogP contribution < -0.4 is 4.74 Å². The van der Waals surface area contributed by atoms with Crippen molar-refractivity contribution in [2.24, 2.45) is 0 Å². The van der Waals surface area contributed by atoms with Crippen LogP contribution in [-0.4, -0.2) is 28.5 Å². The van der Waals surface area contributed by atoms with Crippen LogP contribution in [0.5, 0.6) is 5.75 Å². The topological polar surface area (TPSA) is 52.1 Å². The van der Waals surface area contributed by atoms with E-state index in [-0.39, 0.29) is 6.10 Å². The highest BCUT2D eigenvalue weighted by Gasteiger charge is 2.16. The second-order valence-corrected chi connectivity index (χ2v) is 6.42. The third kappa shape index (κ3) is 4.39. The number of hydrogen-bond acceptors (Lipinski definition) is 4. The molecule has 1 N–H and O–H groups in total. The number of nitrogens with zero attached hydrogens (tertiary/aromatic N) is 2. The third-order valence-corrected chi connectivity index (χ3v) is 4.47. The summed E-state index contributed by atoms with van der Waals surface area (Å²) in [6.07, 6.45) is 0.656. The Labute approximate surface area is 158 Å². The molecule has 1 atom stereocenters. The Morgan fingerprint density at radius 3 is 2.46 bits per heavy atom. The van der Waals surface area contributed by atoms with Gasteiger partial charge in [0.15, 0.2) is 16.7 Å². The maximum absolute atomic E-state index is 6.07. The van der Waals surface area contributed by atoms with Gasteiger partial charge in [0.1, 0.15) is 5.75 Å². The zero-order valence-corrected chi connectivity index (χ0v) is 15.8. The van der Waals surface area contributed by atoms with Crippen molar-refractivity contribution in [3.05, 3.63) is 65.2 Å². The fraction of sp³-hybridized carbons (Fsp3) is 0.300. The van der Waals surface area contributed by atoms with Gasteiger partial charge in [0, 0.05) is 20.3 Å². The number of aromatic amines is 1. The number of methoxy groups -OCH3 is 1. The van der Waals surface area contributed by atoms with Crippen LogP contribution in [0, 0.1) is 4.77 Å². The van der Waals surface area contributed by atoms with Crippen LogP contribution in [0.2, 0.25) is 0 Å². The van der Waals surface area contributed by atoms with E-state index in [0.717, 1.165) is 30.1 Å². The largest absolute Gasteiger partial charge is 0.483 e. The minimum atomic E-state index is -0.215. The average molecular weight is 369 g/mol. The molecule has 0 saturated carbocycles. The first-order chi connectivity index (χ1) is 12.7. The molecule has 136 valence electrons. The zero-order chi connectivity index (χ0) is 18.4. The number of hydrogen-bond donors (Lipinski definition) is 1. The van der Waals surface area contributed by atoms with E-state index in [4.69, 9.17) is 21.7 Å². The lowest BCUT2D eigenvalue weighted by Gasteiger charge is -2.16. The summed E-state index contributed by atoms with van der Waals surface area (Å²) in [6, 6.07) is 18.4. The van der Waals surface area contributed by atoms with E-state index in [1.54, 1.807) is 7.11 Å². The second kappa shape index (κ2) is 8.78. The van der Waals surface area contributed by atoms with E-state index < -0.39 is 0 Å². The van der Waals surface area contributed by atoms with Gasteiger partial charge in [-0.2, -0.15) is 5.10 Å². The molecular weight excluding hydrogens is 346 g/mol. The Balaban J connectivity index is 1.70. The summed E-state index contributed by atoms with van der Waals surface area (Å²) in [5, 5.41) is 7.19. The fourth-order valence-electron chi connectivity index (χ4n) is 2.84. The van der Waals surface area contributed by atoms with E-state index in [1.165, 1.54) is 5.56 Å². The molecule has 3 aromatic rings. The van der Waals surface area contributed by atoms with Gasteiger partial charge < -0.3 is 14.0 Å². The number of ether oxygens (including phenoxy) is 2. The third-order valence-electron chi connectivity index (χ3n) is 4.16. The standard InChI is InChI=1S/C20H23N3O2S/c1-15(19-21-22-20(26)23(19)13-6-14-24-2)25-18-11-9-17(10-12-18)16-7-4-3-5-8-16/h3-5,7-12,15H,6,13-14H2,1-2H3,(H,22,26). The molecule has 1 unspecified atom stereocenters. The van der Waals surface area contributed by atoms with Crippen LogP contribution in [0.15, 0.2) is 54.6 Å². The van der Waals surface area contributed by atoms with Crippen LogP contribution in [0.25, 0.3) is 11.1 Å². The Morgan fingerprint density at radius 1 is 1.08 bits per heavy atom. The van der Waals surface area contributed by atoms with Crippen molar-refractivity contribution < 1.29 is 9.47 Å². The maximum Gasteiger partial charge on any atom is 0.195 e. The lowest BCUT2D eigenvalue weighted by molar-refractivity contribution is 0.184. The first-order valence-electron chi connectivity index (χ1n) is 8.65. The normalized spacial score (nSPS) is 12.1. The van der Waals surface area contributed by atoms with Gasteiger partial charge in [-0.1, -0.05) is 42.5 Å². The van der Waals surface area contributed by atoms with Crippen molar-refractivity contribution in [2.75, 3.05) is 13.7 Å². The molecule has 5 nitrogen and oxygen atoms in total. The molecule has 0 aliphatic carbocycles. The highest BCUT2D eigenvalue weighted by molar-refractivity contribution is 7.71. The summed E-state index contributed by atoms with van der Waals surface area (Å²) >= 11 is 5.33. The predicted octanol–water partition coefficient (Wildman–Crippen LogP) is 4.78. The molecule has 26 heavy (non-hydrogen) atoms. The molecule has 3 rings (SSSR count). The molecule has 0 aliphatic rings. The van der Waals surface area contributed by atoms with Crippen molar-refractivity contribution >= 4 is 12.2 Å². The van der Waals surface area contributed by atoms with Crippen molar-refractivity contribution in [3.8, 4) is 16.9 Å². The van der Waals surface area contributed by atoms with Gasteiger partial charge in [0.25, 0.3) is 0 Å². The summed E-state index contributed by atoms with van der Waals surface area (Å²) in [6.45, 7) is 3.41. The van der Waals surface area contributed by atoms with Gasteiger partial charge in [0.05, 0.1) is 0 Å². The predicted molar refractivity (Wildman–Crippen MR) is 105 cm³/mol. The van der Waals surface area contributed by atoms with E-state index in [0.29, 0.717) is 11.4 Å². The van der Waals surface area contributed by atoms with Crippen molar-refractivity contribution in [1.29, 1.82) is 0 Å². The molecular formula is C20H23N3O2S. The minimum absolute atomic E-state index is 0.215. The quantitative estimate of drug-likeness (QED) is 0.458. The molecule has 0 amide bonds. The van der Waals surface area contributed by atoms with Crippen molar-refractivity contribution in [3.63, 3.8) is 0 Å². The highest BCUT2D eigenvalue weighted by atomic mass is 32.1. The lowest BCUT2D eigenvalue weighted by Crippen LogP contribution is -2.13. The fourth-order valence-corrected chi connectivity index (χ4v) is 3.07. The van der Waals surface area contributed by atoms with Crippen LogP contribution in [0.3, 0.4) is 0 Å². The van der Waals surface area contributed by atoms with Crippen LogP contribution in [0.1, 0.15) is 25.3 Å². The zero-order valence-electron chi connectivity index (χ0n) is 15.0. The molecule has 0 radical (unpaired) electrons. The Hall–Kier alpha value is -2.44. The van der Waals surface area contributed by atoms with Gasteiger partial charge in [-0.05, 0) is 48.8 Å². The molecule has 2 aromatic carbocycles. The average Bonchev–Trinajstić information content (AvgIpc) is 3.04. The van der Waals surface area contributed by atoms with Gasteiger partial charge in [-0.3, -0.25) is 5.10 Å². The first-order valence-corrected chi connectivity index (χ1v) is 9.06. The van der Waals surface area contributed by atoms with Gasteiger partial charge in [0.2, 0.25) is 0 Å². The van der Waals surface area contributed by atoms with Crippen molar-refractivity contribution in [1.82, 2.24) is 14.8 Å². The Morgan fingerprint density at radius 2 is 1.77 bits per heavy atom. The first kappa shape index (κ1) is 18.4. The number of nitrogens with one attached hydrogen (secondary N) is 1. The summed E-state index contributed by atoms with van der Waals surface area (Å²) in [5.74, 6) is 1.59. The highest BCUT2D eigenvalue weighted by Crippen LogP contribution is 2.25. The molecule has 0 spiro atoms. The van der Waals surface area contributed by atoms with E-state index in [2.05, 4.69) is 34.5 Å². The number of aromatic nitrogens is 3. The van der Waals surface area contributed by atoms with Crippen LogP contribution >= 0.6 is 12.2 Å². The van der Waals surface area contributed by atoms with E-state index in [9.17, 15) is 0 Å².